The Balaban J connectivity index is 0.000000314. The topological polar surface area (TPSA) is 60.2 Å². The summed E-state index contributed by atoms with van der Waals surface area (Å²) in [5.74, 6) is -0.271. The molecule has 4 nitrogen and oxygen atoms in total. The van der Waals surface area contributed by atoms with Crippen LogP contribution in [0.15, 0.2) is 96.1 Å². The molecule has 0 aliphatic heterocycles. The lowest BCUT2D eigenvalue weighted by Gasteiger charge is -2.11. The van der Waals surface area contributed by atoms with Crippen molar-refractivity contribution in [2.75, 3.05) is 0 Å². The first-order chi connectivity index (χ1) is 13.2. The van der Waals surface area contributed by atoms with Crippen molar-refractivity contribution in [1.29, 1.82) is 0 Å². The van der Waals surface area contributed by atoms with Gasteiger partial charge in [0.1, 0.15) is 6.26 Å². The summed E-state index contributed by atoms with van der Waals surface area (Å²) in [6.45, 7) is 0. The van der Waals surface area contributed by atoms with E-state index in [9.17, 15) is 9.59 Å². The highest BCUT2D eigenvalue weighted by Gasteiger charge is 2.17. The van der Waals surface area contributed by atoms with Gasteiger partial charge in [0.05, 0.1) is 6.20 Å². The molecule has 0 spiro atoms. The van der Waals surface area contributed by atoms with Crippen molar-refractivity contribution in [3.63, 3.8) is 0 Å². The van der Waals surface area contributed by atoms with Gasteiger partial charge in [0.25, 0.3) is 0 Å². The van der Waals surface area contributed by atoms with Crippen molar-refractivity contribution in [1.82, 2.24) is 4.98 Å². The number of carbonyl (C=O) groups is 2. The molecule has 0 atom stereocenters. The number of benzene rings is 3. The highest BCUT2D eigenvalue weighted by Crippen LogP contribution is 2.30. The van der Waals surface area contributed by atoms with E-state index in [-0.39, 0.29) is 11.6 Å². The van der Waals surface area contributed by atoms with E-state index in [1.807, 2.05) is 36.4 Å². The number of hydrogen-bond donors (Lipinski definition) is 0. The molecule has 130 valence electrons. The third-order valence-corrected chi connectivity index (χ3v) is 4.34. The third kappa shape index (κ3) is 3.46. The molecular formula is C23H15NO3. The zero-order valence-corrected chi connectivity index (χ0v) is 14.3. The van der Waals surface area contributed by atoms with Crippen LogP contribution in [0.3, 0.4) is 0 Å². The molecule has 27 heavy (non-hydrogen) atoms. The van der Waals surface area contributed by atoms with Gasteiger partial charge in [-0.15, -0.1) is 0 Å². The van der Waals surface area contributed by atoms with E-state index in [1.54, 1.807) is 6.20 Å². The fourth-order valence-corrected chi connectivity index (χ4v) is 3.10. The second-order valence-corrected chi connectivity index (χ2v) is 6.06. The van der Waals surface area contributed by atoms with Gasteiger partial charge in [-0.25, -0.2) is 4.98 Å². The monoisotopic (exact) mass is 353 g/mol. The van der Waals surface area contributed by atoms with Crippen LogP contribution in [0, 0.1) is 0 Å². The van der Waals surface area contributed by atoms with Gasteiger partial charge in [0.2, 0.25) is 0 Å². The average molecular weight is 353 g/mol. The van der Waals surface area contributed by atoms with Crippen molar-refractivity contribution in [2.24, 2.45) is 0 Å². The molecule has 0 saturated heterocycles. The van der Waals surface area contributed by atoms with Crippen LogP contribution in [-0.2, 0) is 9.59 Å². The summed E-state index contributed by atoms with van der Waals surface area (Å²) in [5, 5.41) is 4.33. The molecule has 0 bridgehead atoms. The summed E-state index contributed by atoms with van der Waals surface area (Å²) in [5.41, 5.74) is 1.28. The zero-order valence-electron chi connectivity index (χ0n) is 14.3. The smallest absolute Gasteiger partial charge is 0.186 e. The van der Waals surface area contributed by atoms with Gasteiger partial charge in [-0.05, 0) is 57.5 Å². The fourth-order valence-electron chi connectivity index (χ4n) is 3.10. The van der Waals surface area contributed by atoms with Crippen molar-refractivity contribution < 1.29 is 14.0 Å². The Kier molecular flexibility index (Phi) is 4.45. The Hall–Kier alpha value is -3.79. The number of fused-ring (bicyclic) bond motifs is 2. The highest BCUT2D eigenvalue weighted by atomic mass is 16.3. The van der Waals surface area contributed by atoms with Crippen molar-refractivity contribution >= 4 is 38.7 Å². The SMILES string of the molecule is O=C1C=CC(=O)C(c2cccc3cc4ccccc4cc23)=C1.c1cocn1. The van der Waals surface area contributed by atoms with E-state index in [2.05, 4.69) is 27.6 Å². The van der Waals surface area contributed by atoms with E-state index in [0.717, 1.165) is 27.1 Å². The van der Waals surface area contributed by atoms with Crippen LogP contribution in [-0.4, -0.2) is 16.6 Å². The summed E-state index contributed by atoms with van der Waals surface area (Å²) in [4.78, 5) is 27.3. The number of allylic oxidation sites excluding steroid dienone is 4. The molecule has 4 heteroatoms. The van der Waals surface area contributed by atoms with Gasteiger partial charge < -0.3 is 4.42 Å². The maximum atomic E-state index is 12.1. The molecule has 5 rings (SSSR count). The Morgan fingerprint density at radius 2 is 1.59 bits per heavy atom. The number of rotatable bonds is 1. The van der Waals surface area contributed by atoms with Crippen LogP contribution in [0.4, 0.5) is 0 Å². The number of hydrogen-bond acceptors (Lipinski definition) is 4. The number of nitrogens with zero attached hydrogens (tertiary/aromatic N) is 1. The van der Waals surface area contributed by atoms with E-state index in [0.29, 0.717) is 5.57 Å². The first kappa shape index (κ1) is 16.7. The number of aromatic nitrogens is 1. The molecule has 4 aromatic rings. The molecule has 1 aliphatic rings. The summed E-state index contributed by atoms with van der Waals surface area (Å²) in [6, 6.07) is 18.2. The summed E-state index contributed by atoms with van der Waals surface area (Å²) in [7, 11) is 0. The predicted octanol–water partition coefficient (Wildman–Crippen LogP) is 4.76. The lowest BCUT2D eigenvalue weighted by atomic mass is 9.91. The van der Waals surface area contributed by atoms with Gasteiger partial charge in [-0.2, -0.15) is 0 Å². The van der Waals surface area contributed by atoms with Crippen molar-refractivity contribution in [2.45, 2.75) is 0 Å². The zero-order chi connectivity index (χ0) is 18.6. The quantitative estimate of drug-likeness (QED) is 0.366. The molecule has 0 N–H and O–H groups in total. The van der Waals surface area contributed by atoms with Crippen LogP contribution in [0.5, 0.6) is 0 Å². The number of carbonyl (C=O) groups excluding carboxylic acids is 2. The summed E-state index contributed by atoms with van der Waals surface area (Å²) < 4.78 is 4.47. The standard InChI is InChI=1S/C20H12O2.C3H3NO/c21-16-8-9-20(22)19(12-16)17-7-3-6-15-10-13-4-1-2-5-14(13)11-18(15)17;1-2-5-3-4-1/h1-12H;1-3H. The first-order valence-corrected chi connectivity index (χ1v) is 8.44. The molecule has 1 heterocycles. The minimum atomic E-state index is -0.146. The molecule has 0 amide bonds. The van der Waals surface area contributed by atoms with Crippen molar-refractivity contribution in [3.05, 3.63) is 97.2 Å². The Morgan fingerprint density at radius 3 is 2.30 bits per heavy atom. The minimum Gasteiger partial charge on any atom is -0.452 e. The largest absolute Gasteiger partial charge is 0.452 e. The van der Waals surface area contributed by atoms with Crippen LogP contribution in [0.25, 0.3) is 27.1 Å². The van der Waals surface area contributed by atoms with E-state index >= 15 is 0 Å². The number of oxazole rings is 1. The Morgan fingerprint density at radius 1 is 0.815 bits per heavy atom. The molecule has 0 radical (unpaired) electrons. The summed E-state index contributed by atoms with van der Waals surface area (Å²) in [6.07, 6.45) is 8.55. The Bertz CT molecular complexity index is 1180. The second-order valence-electron chi connectivity index (χ2n) is 6.06. The summed E-state index contributed by atoms with van der Waals surface area (Å²) >= 11 is 0. The number of ketones is 2. The Labute approximate surface area is 155 Å². The maximum Gasteiger partial charge on any atom is 0.186 e. The first-order valence-electron chi connectivity index (χ1n) is 8.44. The predicted molar refractivity (Wildman–Crippen MR) is 105 cm³/mol. The molecule has 0 saturated carbocycles. The molecule has 0 fully saturated rings. The maximum absolute atomic E-state index is 12.1. The molecule has 1 aliphatic carbocycles. The van der Waals surface area contributed by atoms with Crippen LogP contribution < -0.4 is 0 Å². The van der Waals surface area contributed by atoms with Gasteiger partial charge in [0, 0.05) is 5.57 Å². The van der Waals surface area contributed by atoms with Gasteiger partial charge in [0.15, 0.2) is 18.0 Å². The van der Waals surface area contributed by atoms with Crippen LogP contribution >= 0.6 is 0 Å². The second kappa shape index (κ2) is 7.22. The fraction of sp³-hybridized carbons (Fsp3) is 0. The van der Waals surface area contributed by atoms with E-state index in [1.165, 1.54) is 30.9 Å². The molecule has 0 unspecified atom stereocenters. The van der Waals surface area contributed by atoms with Crippen LogP contribution in [0.1, 0.15) is 5.56 Å². The lowest BCUT2D eigenvalue weighted by Crippen LogP contribution is -2.06. The van der Waals surface area contributed by atoms with E-state index < -0.39 is 0 Å². The normalized spacial score (nSPS) is 13.4. The van der Waals surface area contributed by atoms with Gasteiger partial charge in [-0.1, -0.05) is 42.5 Å². The average Bonchev–Trinajstić information content (AvgIpc) is 3.28. The highest BCUT2D eigenvalue weighted by molar-refractivity contribution is 6.35. The lowest BCUT2D eigenvalue weighted by molar-refractivity contribution is -0.113. The van der Waals surface area contributed by atoms with E-state index in [4.69, 9.17) is 0 Å². The molecule has 1 aromatic heterocycles. The molecule has 3 aromatic carbocycles. The van der Waals surface area contributed by atoms with Gasteiger partial charge >= 0.3 is 0 Å². The third-order valence-electron chi connectivity index (χ3n) is 4.34. The molecular weight excluding hydrogens is 338 g/mol. The van der Waals surface area contributed by atoms with Crippen molar-refractivity contribution in [3.8, 4) is 0 Å². The van der Waals surface area contributed by atoms with Crippen LogP contribution in [0.2, 0.25) is 0 Å². The van der Waals surface area contributed by atoms with Gasteiger partial charge in [-0.3, -0.25) is 9.59 Å². The minimum absolute atomic E-state index is 0.125.